The summed E-state index contributed by atoms with van der Waals surface area (Å²) in [5.74, 6) is 0.682. The van der Waals surface area contributed by atoms with E-state index in [1.54, 1.807) is 23.5 Å². The van der Waals surface area contributed by atoms with Gasteiger partial charge in [-0.2, -0.15) is 0 Å². The molecule has 1 heterocycles. The van der Waals surface area contributed by atoms with Crippen molar-refractivity contribution < 1.29 is 9.53 Å². The van der Waals surface area contributed by atoms with Gasteiger partial charge in [-0.15, -0.1) is 11.3 Å². The molecule has 2 aromatic rings. The van der Waals surface area contributed by atoms with Crippen LogP contribution in [-0.4, -0.2) is 12.5 Å². The third kappa shape index (κ3) is 4.48. The Labute approximate surface area is 133 Å². The van der Waals surface area contributed by atoms with E-state index in [1.807, 2.05) is 29.6 Å². The molecule has 0 aliphatic rings. The van der Waals surface area contributed by atoms with Crippen molar-refractivity contribution in [2.45, 2.75) is 19.9 Å². The Morgan fingerprint density at radius 3 is 2.67 bits per heavy atom. The number of ether oxygens (including phenoxy) is 1. The number of benzene rings is 1. The van der Waals surface area contributed by atoms with Gasteiger partial charge in [-0.3, -0.25) is 4.79 Å². The summed E-state index contributed by atoms with van der Waals surface area (Å²) in [5, 5.41) is 5.53. The van der Waals surface area contributed by atoms with Crippen LogP contribution in [0, 0.1) is 5.92 Å². The number of carbonyl (C=O) groups excluding carboxylic acids is 1. The fourth-order valence-electron chi connectivity index (χ4n) is 1.95. The summed E-state index contributed by atoms with van der Waals surface area (Å²) in [7, 11) is 0. The van der Waals surface area contributed by atoms with Crippen LogP contribution in [0.1, 0.15) is 24.8 Å². The van der Waals surface area contributed by atoms with E-state index in [9.17, 15) is 4.79 Å². The summed E-state index contributed by atoms with van der Waals surface area (Å²) in [6, 6.07) is 11.1. The highest BCUT2D eigenvalue weighted by molar-refractivity contribution is 7.10. The maximum atomic E-state index is 12.1. The number of halogens is 1. The van der Waals surface area contributed by atoms with Gasteiger partial charge >= 0.3 is 0 Å². The Balaban J connectivity index is 1.93. The highest BCUT2D eigenvalue weighted by Gasteiger charge is 2.19. The van der Waals surface area contributed by atoms with Gasteiger partial charge in [0, 0.05) is 4.88 Å². The summed E-state index contributed by atoms with van der Waals surface area (Å²) in [6.45, 7) is 4.12. The number of carbonyl (C=O) groups is 1. The van der Waals surface area contributed by atoms with Crippen LogP contribution in [-0.2, 0) is 4.79 Å². The van der Waals surface area contributed by atoms with E-state index in [1.165, 1.54) is 0 Å². The van der Waals surface area contributed by atoms with E-state index in [2.05, 4.69) is 19.2 Å². The van der Waals surface area contributed by atoms with Crippen molar-refractivity contribution in [2.24, 2.45) is 5.92 Å². The van der Waals surface area contributed by atoms with Crippen molar-refractivity contribution in [1.82, 2.24) is 5.32 Å². The first kappa shape index (κ1) is 15.9. The molecular formula is C16H18ClNO2S. The number of amides is 1. The van der Waals surface area contributed by atoms with E-state index in [-0.39, 0.29) is 18.6 Å². The van der Waals surface area contributed by atoms with Crippen LogP contribution in [0.25, 0.3) is 0 Å². The van der Waals surface area contributed by atoms with Gasteiger partial charge < -0.3 is 10.1 Å². The molecule has 0 spiro atoms. The predicted octanol–water partition coefficient (Wildman–Crippen LogP) is 4.29. The molecule has 0 saturated heterocycles. The highest BCUT2D eigenvalue weighted by atomic mass is 35.5. The van der Waals surface area contributed by atoms with Gasteiger partial charge in [0.2, 0.25) is 0 Å². The van der Waals surface area contributed by atoms with Gasteiger partial charge in [-0.05, 0) is 29.5 Å². The third-order valence-corrected chi connectivity index (χ3v) is 4.30. The molecule has 1 aromatic heterocycles. The number of hydrogen-bond acceptors (Lipinski definition) is 3. The summed E-state index contributed by atoms with van der Waals surface area (Å²) in [4.78, 5) is 13.2. The summed E-state index contributed by atoms with van der Waals surface area (Å²) in [6.07, 6.45) is 0. The van der Waals surface area contributed by atoms with Crippen molar-refractivity contribution in [3.8, 4) is 5.75 Å². The largest absolute Gasteiger partial charge is 0.482 e. The van der Waals surface area contributed by atoms with Crippen molar-refractivity contribution >= 4 is 28.8 Å². The van der Waals surface area contributed by atoms with Crippen molar-refractivity contribution in [2.75, 3.05) is 6.61 Å². The quantitative estimate of drug-likeness (QED) is 0.861. The Bertz CT molecular complexity index is 584. The number of thiophene rings is 1. The standard InChI is InChI=1S/C16H18ClNO2S/c1-11(2)16(14-8-5-9-21-14)18-15(19)10-20-13-7-4-3-6-12(13)17/h3-9,11,16H,10H2,1-2H3,(H,18,19). The van der Waals surface area contributed by atoms with Crippen LogP contribution in [0.4, 0.5) is 0 Å². The lowest BCUT2D eigenvalue weighted by atomic mass is 10.0. The molecular weight excluding hydrogens is 306 g/mol. The minimum atomic E-state index is -0.151. The van der Waals surface area contributed by atoms with Crippen molar-refractivity contribution in [1.29, 1.82) is 0 Å². The molecule has 1 atom stereocenters. The van der Waals surface area contributed by atoms with Crippen LogP contribution in [0.5, 0.6) is 5.75 Å². The van der Waals surface area contributed by atoms with Crippen LogP contribution in [0.2, 0.25) is 5.02 Å². The van der Waals surface area contributed by atoms with Gasteiger partial charge in [0.15, 0.2) is 6.61 Å². The van der Waals surface area contributed by atoms with Gasteiger partial charge in [0.25, 0.3) is 5.91 Å². The molecule has 3 nitrogen and oxygen atoms in total. The van der Waals surface area contributed by atoms with E-state index >= 15 is 0 Å². The van der Waals surface area contributed by atoms with Crippen LogP contribution >= 0.6 is 22.9 Å². The van der Waals surface area contributed by atoms with Gasteiger partial charge in [0.1, 0.15) is 5.75 Å². The molecule has 0 aliphatic carbocycles. The second-order valence-corrected chi connectivity index (χ2v) is 6.41. The lowest BCUT2D eigenvalue weighted by molar-refractivity contribution is -0.124. The smallest absolute Gasteiger partial charge is 0.258 e. The molecule has 112 valence electrons. The topological polar surface area (TPSA) is 38.3 Å². The lowest BCUT2D eigenvalue weighted by Gasteiger charge is -2.21. The minimum absolute atomic E-state index is 0.00680. The zero-order chi connectivity index (χ0) is 15.2. The second-order valence-electron chi connectivity index (χ2n) is 5.02. The Kier molecular flexibility index (Phi) is 5.65. The molecule has 21 heavy (non-hydrogen) atoms. The van der Waals surface area contributed by atoms with Gasteiger partial charge in [0.05, 0.1) is 11.1 Å². The fourth-order valence-corrected chi connectivity index (χ4v) is 3.09. The minimum Gasteiger partial charge on any atom is -0.482 e. The maximum absolute atomic E-state index is 12.1. The molecule has 1 unspecified atom stereocenters. The molecule has 1 aromatic carbocycles. The van der Waals surface area contributed by atoms with Gasteiger partial charge in [-0.1, -0.05) is 43.6 Å². The fraction of sp³-hybridized carbons (Fsp3) is 0.312. The molecule has 0 fully saturated rings. The Hall–Kier alpha value is -1.52. The molecule has 5 heteroatoms. The zero-order valence-corrected chi connectivity index (χ0v) is 13.6. The average Bonchev–Trinajstić information content (AvgIpc) is 2.97. The van der Waals surface area contributed by atoms with E-state index in [4.69, 9.17) is 16.3 Å². The first-order valence-corrected chi connectivity index (χ1v) is 8.03. The summed E-state index contributed by atoms with van der Waals surface area (Å²) < 4.78 is 5.46. The second kappa shape index (κ2) is 7.48. The normalized spacial score (nSPS) is 12.2. The van der Waals surface area contributed by atoms with E-state index in [0.717, 1.165) is 4.88 Å². The lowest BCUT2D eigenvalue weighted by Crippen LogP contribution is -2.34. The molecule has 1 amide bonds. The van der Waals surface area contributed by atoms with Crippen LogP contribution in [0.15, 0.2) is 41.8 Å². The first-order chi connectivity index (χ1) is 10.1. The van der Waals surface area contributed by atoms with Crippen molar-refractivity contribution in [3.05, 3.63) is 51.7 Å². The monoisotopic (exact) mass is 323 g/mol. The van der Waals surface area contributed by atoms with Crippen molar-refractivity contribution in [3.63, 3.8) is 0 Å². The van der Waals surface area contributed by atoms with E-state index < -0.39 is 0 Å². The summed E-state index contributed by atoms with van der Waals surface area (Å²) in [5.41, 5.74) is 0. The highest BCUT2D eigenvalue weighted by Crippen LogP contribution is 2.26. The average molecular weight is 324 g/mol. The number of para-hydroxylation sites is 1. The van der Waals surface area contributed by atoms with Crippen LogP contribution in [0.3, 0.4) is 0 Å². The molecule has 0 bridgehead atoms. The SMILES string of the molecule is CC(C)C(NC(=O)COc1ccccc1Cl)c1cccs1. The molecule has 0 radical (unpaired) electrons. The molecule has 2 rings (SSSR count). The predicted molar refractivity (Wildman–Crippen MR) is 87.0 cm³/mol. The van der Waals surface area contributed by atoms with Crippen LogP contribution < -0.4 is 10.1 Å². The maximum Gasteiger partial charge on any atom is 0.258 e. The Morgan fingerprint density at radius 1 is 1.29 bits per heavy atom. The zero-order valence-electron chi connectivity index (χ0n) is 12.0. The molecule has 0 saturated carbocycles. The first-order valence-electron chi connectivity index (χ1n) is 6.78. The van der Waals surface area contributed by atoms with Gasteiger partial charge in [-0.25, -0.2) is 0 Å². The Morgan fingerprint density at radius 2 is 2.05 bits per heavy atom. The molecule has 1 N–H and O–H groups in total. The number of hydrogen-bond donors (Lipinski definition) is 1. The summed E-state index contributed by atoms with van der Waals surface area (Å²) >= 11 is 7.63. The van der Waals surface area contributed by atoms with E-state index in [0.29, 0.717) is 16.7 Å². The number of rotatable bonds is 6. The third-order valence-electron chi connectivity index (χ3n) is 3.03. The molecule has 0 aliphatic heterocycles. The number of nitrogens with one attached hydrogen (secondary N) is 1.